The maximum absolute atomic E-state index is 12.1. The monoisotopic (exact) mass is 532 g/mol. The molecule has 0 radical (unpaired) electrons. The van der Waals surface area contributed by atoms with Crippen LogP contribution in [0.3, 0.4) is 0 Å². The molecule has 0 amide bonds. The third-order valence-electron chi connectivity index (χ3n) is 6.15. The Morgan fingerprint density at radius 1 is 1.03 bits per heavy atom. The van der Waals surface area contributed by atoms with E-state index in [4.69, 9.17) is 4.18 Å². The lowest BCUT2D eigenvalue weighted by atomic mass is 9.90. The summed E-state index contributed by atoms with van der Waals surface area (Å²) in [5, 5.41) is 20.1. The number of phenols is 1. The second kappa shape index (κ2) is 12.4. The highest BCUT2D eigenvalue weighted by Gasteiger charge is 2.22. The van der Waals surface area contributed by atoms with Crippen molar-refractivity contribution in [3.05, 3.63) is 124 Å². The van der Waals surface area contributed by atoms with Crippen molar-refractivity contribution in [2.45, 2.75) is 45.3 Å². The van der Waals surface area contributed by atoms with Gasteiger partial charge in [-0.2, -0.15) is 8.42 Å². The summed E-state index contributed by atoms with van der Waals surface area (Å²) in [4.78, 5) is 0. The van der Waals surface area contributed by atoms with Crippen LogP contribution in [-0.4, -0.2) is 24.9 Å². The van der Waals surface area contributed by atoms with Crippen molar-refractivity contribution < 1.29 is 22.8 Å². The van der Waals surface area contributed by atoms with E-state index >= 15 is 0 Å². The molecule has 0 aliphatic carbocycles. The van der Waals surface area contributed by atoms with Crippen LogP contribution in [-0.2, 0) is 26.3 Å². The van der Waals surface area contributed by atoms with E-state index in [9.17, 15) is 18.6 Å². The van der Waals surface area contributed by atoms with Gasteiger partial charge in [0.15, 0.2) is 0 Å². The largest absolute Gasteiger partial charge is 0.508 e. The molecule has 0 heterocycles. The molecule has 3 rings (SSSR count). The van der Waals surface area contributed by atoms with Gasteiger partial charge in [0.1, 0.15) is 11.9 Å². The zero-order chi connectivity index (χ0) is 27.9. The Kier molecular flexibility index (Phi) is 9.50. The van der Waals surface area contributed by atoms with Crippen molar-refractivity contribution in [2.75, 3.05) is 6.26 Å². The number of hydrogen-bond acceptors (Lipinski definition) is 5. The highest BCUT2D eigenvalue weighted by Crippen LogP contribution is 2.30. The molecule has 0 saturated carbocycles. The van der Waals surface area contributed by atoms with Gasteiger partial charge in [0.05, 0.1) is 11.9 Å². The first-order valence-corrected chi connectivity index (χ1v) is 14.3. The van der Waals surface area contributed by atoms with Crippen molar-refractivity contribution >= 4 is 22.3 Å². The van der Waals surface area contributed by atoms with Gasteiger partial charge in [-0.1, -0.05) is 79.4 Å². The Balaban J connectivity index is 1.78. The molecule has 0 aromatic heterocycles. The predicted molar refractivity (Wildman–Crippen MR) is 155 cm³/mol. The molecule has 3 aromatic carbocycles. The molecular weight excluding hydrogens is 496 g/mol. The maximum atomic E-state index is 12.1. The molecule has 200 valence electrons. The number of allylic oxidation sites excluding steroid dienone is 3. The van der Waals surface area contributed by atoms with Crippen LogP contribution in [0.4, 0.5) is 0 Å². The molecule has 0 aliphatic rings. The zero-order valence-electron chi connectivity index (χ0n) is 22.4. The van der Waals surface area contributed by atoms with Gasteiger partial charge in [-0.3, -0.25) is 4.18 Å². The van der Waals surface area contributed by atoms with Crippen molar-refractivity contribution in [1.29, 1.82) is 0 Å². The average molecular weight is 533 g/mol. The standard InChI is InChI=1S/C32H36O5S/c1-23(14-16-26-17-19-29(33)21-24(26)2)13-15-25-9-8-11-28(22-25)31(37-38(5,35)36)20-18-27-10-6-7-12-30(27)32(3,4)34/h6-17,19,21-22,31,33-34H,1,18,20H2,2-5H3/b15-13+,16-14-. The van der Waals surface area contributed by atoms with E-state index in [0.717, 1.165) is 45.2 Å². The summed E-state index contributed by atoms with van der Waals surface area (Å²) < 4.78 is 29.6. The molecule has 0 spiro atoms. The minimum atomic E-state index is -3.70. The Morgan fingerprint density at radius 2 is 1.74 bits per heavy atom. The van der Waals surface area contributed by atoms with Crippen molar-refractivity contribution in [3.63, 3.8) is 0 Å². The fourth-order valence-electron chi connectivity index (χ4n) is 4.27. The fourth-order valence-corrected chi connectivity index (χ4v) is 4.90. The lowest BCUT2D eigenvalue weighted by Crippen LogP contribution is -2.18. The van der Waals surface area contributed by atoms with Gasteiger partial charge in [-0.25, -0.2) is 0 Å². The van der Waals surface area contributed by atoms with E-state index in [1.54, 1.807) is 26.0 Å². The number of aliphatic hydroxyl groups is 1. The normalized spacial score (nSPS) is 13.3. The highest BCUT2D eigenvalue weighted by molar-refractivity contribution is 7.86. The van der Waals surface area contributed by atoms with E-state index in [1.807, 2.05) is 85.8 Å². The van der Waals surface area contributed by atoms with Gasteiger partial charge >= 0.3 is 0 Å². The Bertz CT molecular complexity index is 1440. The number of phenolic OH excluding ortho intramolecular Hbond substituents is 1. The van der Waals surface area contributed by atoms with Gasteiger partial charge in [0, 0.05) is 0 Å². The minimum Gasteiger partial charge on any atom is -0.508 e. The second-order valence-corrected chi connectivity index (χ2v) is 11.6. The highest BCUT2D eigenvalue weighted by atomic mass is 32.2. The van der Waals surface area contributed by atoms with Crippen LogP contribution in [0, 0.1) is 6.92 Å². The molecule has 0 bridgehead atoms. The summed E-state index contributed by atoms with van der Waals surface area (Å²) in [7, 11) is -3.70. The summed E-state index contributed by atoms with van der Waals surface area (Å²) >= 11 is 0. The molecule has 0 saturated heterocycles. The van der Waals surface area contributed by atoms with Crippen LogP contribution < -0.4 is 0 Å². The van der Waals surface area contributed by atoms with E-state index < -0.39 is 21.8 Å². The third kappa shape index (κ3) is 8.84. The molecule has 38 heavy (non-hydrogen) atoms. The summed E-state index contributed by atoms with van der Waals surface area (Å²) in [6.07, 6.45) is 9.00. The fraction of sp³-hybridized carbons (Fsp3) is 0.250. The molecule has 3 aromatic rings. The maximum Gasteiger partial charge on any atom is 0.264 e. The number of hydrogen-bond donors (Lipinski definition) is 2. The minimum absolute atomic E-state index is 0.234. The van der Waals surface area contributed by atoms with Gasteiger partial charge in [0.2, 0.25) is 0 Å². The summed E-state index contributed by atoms with van der Waals surface area (Å²) in [5.41, 5.74) is 5.13. The van der Waals surface area contributed by atoms with Gasteiger partial charge in [-0.15, -0.1) is 0 Å². The first-order valence-electron chi connectivity index (χ1n) is 12.5. The summed E-state index contributed by atoms with van der Waals surface area (Å²) in [6.45, 7) is 9.49. The van der Waals surface area contributed by atoms with Crippen molar-refractivity contribution in [2.24, 2.45) is 0 Å². The lowest BCUT2D eigenvalue weighted by Gasteiger charge is -2.23. The van der Waals surface area contributed by atoms with E-state index in [2.05, 4.69) is 6.58 Å². The molecule has 0 aliphatic heterocycles. The van der Waals surface area contributed by atoms with Crippen LogP contribution >= 0.6 is 0 Å². The zero-order valence-corrected chi connectivity index (χ0v) is 23.2. The Hall–Kier alpha value is -3.45. The predicted octanol–water partition coefficient (Wildman–Crippen LogP) is 6.86. The molecule has 1 atom stereocenters. The average Bonchev–Trinajstić information content (AvgIpc) is 2.84. The first-order chi connectivity index (χ1) is 17.8. The van der Waals surface area contributed by atoms with Crippen molar-refractivity contribution in [3.8, 4) is 5.75 Å². The van der Waals surface area contributed by atoms with Crippen LogP contribution in [0.25, 0.3) is 12.2 Å². The molecular formula is C32H36O5S. The Morgan fingerprint density at radius 3 is 2.42 bits per heavy atom. The quantitative estimate of drug-likeness (QED) is 0.208. The smallest absolute Gasteiger partial charge is 0.264 e. The van der Waals surface area contributed by atoms with E-state index in [0.29, 0.717) is 12.8 Å². The number of aryl methyl sites for hydroxylation is 2. The summed E-state index contributed by atoms with van der Waals surface area (Å²) in [6, 6.07) is 20.4. The van der Waals surface area contributed by atoms with E-state index in [1.165, 1.54) is 0 Å². The molecule has 6 heteroatoms. The topological polar surface area (TPSA) is 83.8 Å². The molecule has 1 unspecified atom stereocenters. The molecule has 0 fully saturated rings. The third-order valence-corrected chi connectivity index (χ3v) is 6.73. The number of benzene rings is 3. The molecule has 5 nitrogen and oxygen atoms in total. The molecule has 2 N–H and O–H groups in total. The van der Waals surface area contributed by atoms with Crippen molar-refractivity contribution in [1.82, 2.24) is 0 Å². The van der Waals surface area contributed by atoms with E-state index in [-0.39, 0.29) is 5.75 Å². The van der Waals surface area contributed by atoms with Crippen LogP contribution in [0.5, 0.6) is 5.75 Å². The Labute approximate surface area is 226 Å². The van der Waals surface area contributed by atoms with Crippen LogP contribution in [0.15, 0.2) is 91.0 Å². The number of aromatic hydroxyl groups is 1. The van der Waals surface area contributed by atoms with Crippen LogP contribution in [0.1, 0.15) is 59.8 Å². The second-order valence-electron chi connectivity index (χ2n) is 10.00. The van der Waals surface area contributed by atoms with Crippen LogP contribution in [0.2, 0.25) is 0 Å². The van der Waals surface area contributed by atoms with Gasteiger partial charge < -0.3 is 10.2 Å². The summed E-state index contributed by atoms with van der Waals surface area (Å²) in [5.74, 6) is 0.234. The van der Waals surface area contributed by atoms with Gasteiger partial charge in [0.25, 0.3) is 10.1 Å². The first kappa shape index (κ1) is 29.1. The SMILES string of the molecule is C=C(/C=C\c1ccc(O)cc1C)/C=C/c1cccc(C(CCc2ccccc2C(C)(C)O)OS(C)(=O)=O)c1. The van der Waals surface area contributed by atoms with Gasteiger partial charge in [-0.05, 0) is 90.8 Å². The lowest BCUT2D eigenvalue weighted by molar-refractivity contribution is 0.0773. The number of rotatable bonds is 11.